The summed E-state index contributed by atoms with van der Waals surface area (Å²) in [7, 11) is 0. The van der Waals surface area contributed by atoms with Crippen molar-refractivity contribution in [3.63, 3.8) is 0 Å². The second-order valence-corrected chi connectivity index (χ2v) is 11.0. The number of piperidine rings is 2. The van der Waals surface area contributed by atoms with E-state index in [0.29, 0.717) is 6.04 Å². The zero-order valence-electron chi connectivity index (χ0n) is 22.4. The molecule has 1 atom stereocenters. The van der Waals surface area contributed by atoms with Crippen LogP contribution >= 0.6 is 0 Å². The number of carbonyl (C=O) groups excluding carboxylic acids is 1. The van der Waals surface area contributed by atoms with Crippen LogP contribution in [0.1, 0.15) is 52.0 Å². The Hall–Kier alpha value is -3.19. The molecule has 2 fully saturated rings. The zero-order chi connectivity index (χ0) is 25.8. The normalized spacial score (nSPS) is 22.6. The molecule has 196 valence electrons. The van der Waals surface area contributed by atoms with Crippen molar-refractivity contribution >= 4 is 17.9 Å². The number of anilines is 1. The molecule has 0 radical (unpaired) electrons. The van der Waals surface area contributed by atoms with Crippen LogP contribution in [0.4, 0.5) is 5.69 Å². The summed E-state index contributed by atoms with van der Waals surface area (Å²) in [4.78, 5) is 29.3. The van der Waals surface area contributed by atoms with E-state index >= 15 is 0 Å². The predicted molar refractivity (Wildman–Crippen MR) is 149 cm³/mol. The molecule has 1 amide bonds. The summed E-state index contributed by atoms with van der Waals surface area (Å²) < 4.78 is 0. The van der Waals surface area contributed by atoms with Gasteiger partial charge in [-0.3, -0.25) is 19.7 Å². The molecule has 1 N–H and O–H groups in total. The van der Waals surface area contributed by atoms with Gasteiger partial charge in [-0.05, 0) is 70.2 Å². The standard InChI is InChI=1S/C30H40N6O/c1-23-28(24(2)33-22-32-23)29(37)34-18-13-30(3,14-19-34)35-16-11-27(12-17-35)36(26-9-5-4-6-10-26)21-25-8-7-15-31-20-25/h4-10,15,20,22-23,27H,11-14,16-19,21H2,1-3H3,(H,32,33). The minimum absolute atomic E-state index is 0.0830. The topological polar surface area (TPSA) is 64.1 Å². The van der Waals surface area contributed by atoms with Crippen molar-refractivity contribution in [2.45, 2.75) is 70.6 Å². The molecule has 3 aliphatic rings. The summed E-state index contributed by atoms with van der Waals surface area (Å²) in [5.41, 5.74) is 4.40. The second-order valence-electron chi connectivity index (χ2n) is 11.0. The molecule has 3 aliphatic heterocycles. The molecule has 2 saturated heterocycles. The van der Waals surface area contributed by atoms with Gasteiger partial charge in [0.2, 0.25) is 0 Å². The number of amides is 1. The van der Waals surface area contributed by atoms with E-state index < -0.39 is 0 Å². The highest BCUT2D eigenvalue weighted by Gasteiger charge is 2.40. The van der Waals surface area contributed by atoms with E-state index in [1.54, 1.807) is 6.34 Å². The van der Waals surface area contributed by atoms with Crippen LogP contribution in [-0.2, 0) is 11.3 Å². The van der Waals surface area contributed by atoms with E-state index in [0.717, 1.165) is 69.7 Å². The Kier molecular flexibility index (Phi) is 7.60. The Morgan fingerprint density at radius 2 is 1.81 bits per heavy atom. The Morgan fingerprint density at radius 1 is 1.08 bits per heavy atom. The van der Waals surface area contributed by atoms with Crippen LogP contribution in [0.15, 0.2) is 71.1 Å². The fourth-order valence-corrected chi connectivity index (χ4v) is 6.19. The number of nitrogens with zero attached hydrogens (tertiary/aromatic N) is 5. The molecule has 2 aromatic rings. The van der Waals surface area contributed by atoms with Crippen LogP contribution in [0.5, 0.6) is 0 Å². The van der Waals surface area contributed by atoms with E-state index in [-0.39, 0.29) is 17.5 Å². The number of nitrogens with one attached hydrogen (secondary N) is 1. The SMILES string of the molecule is CC1=C(C(=O)N2CCC(C)(N3CCC(N(Cc4cccnc4)c4ccccc4)CC3)CC2)C(C)N=CN1. The first-order valence-corrected chi connectivity index (χ1v) is 13.7. The summed E-state index contributed by atoms with van der Waals surface area (Å²) in [6, 6.07) is 15.4. The van der Waals surface area contributed by atoms with Crippen LogP contribution in [0.25, 0.3) is 0 Å². The first kappa shape index (κ1) is 25.5. The van der Waals surface area contributed by atoms with Crippen molar-refractivity contribution < 1.29 is 4.79 Å². The molecule has 4 heterocycles. The van der Waals surface area contributed by atoms with E-state index in [9.17, 15) is 4.79 Å². The van der Waals surface area contributed by atoms with Crippen LogP contribution in [0, 0.1) is 0 Å². The summed E-state index contributed by atoms with van der Waals surface area (Å²) in [6.07, 6.45) is 9.82. The van der Waals surface area contributed by atoms with Gasteiger partial charge in [0, 0.05) is 68.1 Å². The molecule has 0 bridgehead atoms. The van der Waals surface area contributed by atoms with Gasteiger partial charge < -0.3 is 15.1 Å². The Balaban J connectivity index is 1.20. The van der Waals surface area contributed by atoms with E-state index in [1.807, 2.05) is 37.2 Å². The highest BCUT2D eigenvalue weighted by Crippen LogP contribution is 2.34. The quantitative estimate of drug-likeness (QED) is 0.643. The summed E-state index contributed by atoms with van der Waals surface area (Å²) in [5.74, 6) is 0.143. The molecular weight excluding hydrogens is 460 g/mol. The molecule has 0 saturated carbocycles. The Morgan fingerprint density at radius 3 is 2.46 bits per heavy atom. The number of rotatable bonds is 6. The number of aromatic nitrogens is 1. The molecule has 5 rings (SSSR count). The molecule has 37 heavy (non-hydrogen) atoms. The van der Waals surface area contributed by atoms with Crippen LogP contribution in [0.2, 0.25) is 0 Å². The van der Waals surface area contributed by atoms with Crippen LogP contribution in [0.3, 0.4) is 0 Å². The lowest BCUT2D eigenvalue weighted by atomic mass is 9.85. The molecule has 1 unspecified atom stereocenters. The fraction of sp³-hybridized carbons (Fsp3) is 0.500. The lowest BCUT2D eigenvalue weighted by molar-refractivity contribution is -0.130. The van der Waals surface area contributed by atoms with E-state index in [2.05, 4.69) is 68.4 Å². The molecule has 7 nitrogen and oxygen atoms in total. The smallest absolute Gasteiger partial charge is 0.253 e. The van der Waals surface area contributed by atoms with Gasteiger partial charge in [-0.2, -0.15) is 0 Å². The fourth-order valence-electron chi connectivity index (χ4n) is 6.19. The predicted octanol–water partition coefficient (Wildman–Crippen LogP) is 4.23. The number of likely N-dealkylation sites (tertiary alicyclic amines) is 2. The average molecular weight is 501 g/mol. The monoisotopic (exact) mass is 500 g/mol. The molecular formula is C30H40N6O. The lowest BCUT2D eigenvalue weighted by Crippen LogP contribution is -2.58. The van der Waals surface area contributed by atoms with Crippen molar-refractivity contribution in [3.8, 4) is 0 Å². The molecule has 7 heteroatoms. The number of aliphatic imine (C=N–C) groups is 1. The minimum atomic E-state index is -0.0830. The highest BCUT2D eigenvalue weighted by molar-refractivity contribution is 5.96. The molecule has 1 aromatic heterocycles. The van der Waals surface area contributed by atoms with Gasteiger partial charge in [0.15, 0.2) is 0 Å². The van der Waals surface area contributed by atoms with Crippen molar-refractivity contribution in [1.29, 1.82) is 0 Å². The third kappa shape index (κ3) is 5.57. The second kappa shape index (κ2) is 11.1. The molecule has 0 aliphatic carbocycles. The van der Waals surface area contributed by atoms with Gasteiger partial charge in [-0.1, -0.05) is 24.3 Å². The van der Waals surface area contributed by atoms with Gasteiger partial charge in [-0.25, -0.2) is 0 Å². The summed E-state index contributed by atoms with van der Waals surface area (Å²) >= 11 is 0. The van der Waals surface area contributed by atoms with Gasteiger partial charge in [0.25, 0.3) is 5.91 Å². The van der Waals surface area contributed by atoms with Crippen molar-refractivity contribution in [1.82, 2.24) is 20.1 Å². The first-order chi connectivity index (χ1) is 17.9. The van der Waals surface area contributed by atoms with E-state index in [4.69, 9.17) is 0 Å². The van der Waals surface area contributed by atoms with Crippen molar-refractivity contribution in [3.05, 3.63) is 71.7 Å². The van der Waals surface area contributed by atoms with Gasteiger partial charge >= 0.3 is 0 Å². The zero-order valence-corrected chi connectivity index (χ0v) is 22.4. The summed E-state index contributed by atoms with van der Waals surface area (Å²) in [5, 5.41) is 3.12. The number of pyridine rings is 1. The minimum Gasteiger partial charge on any atom is -0.364 e. The number of carbonyl (C=O) groups is 1. The average Bonchev–Trinajstić information content (AvgIpc) is 2.93. The Labute approximate surface area is 221 Å². The first-order valence-electron chi connectivity index (χ1n) is 13.7. The number of hydrogen-bond acceptors (Lipinski definition) is 6. The maximum Gasteiger partial charge on any atom is 0.253 e. The van der Waals surface area contributed by atoms with E-state index in [1.165, 1.54) is 11.3 Å². The van der Waals surface area contributed by atoms with Gasteiger partial charge in [0.05, 0.1) is 18.0 Å². The lowest BCUT2D eigenvalue weighted by Gasteiger charge is -2.50. The maximum atomic E-state index is 13.3. The number of para-hydroxylation sites is 1. The number of benzene rings is 1. The highest BCUT2D eigenvalue weighted by atomic mass is 16.2. The van der Waals surface area contributed by atoms with Gasteiger partial charge in [-0.15, -0.1) is 0 Å². The number of allylic oxidation sites excluding steroid dienone is 1. The Bertz CT molecular complexity index is 1120. The van der Waals surface area contributed by atoms with Gasteiger partial charge in [0.1, 0.15) is 0 Å². The molecule has 0 spiro atoms. The number of hydrogen-bond donors (Lipinski definition) is 1. The maximum absolute atomic E-state index is 13.3. The third-order valence-corrected chi connectivity index (χ3v) is 8.59. The van der Waals surface area contributed by atoms with Crippen LogP contribution < -0.4 is 10.2 Å². The largest absolute Gasteiger partial charge is 0.364 e. The molecule has 1 aromatic carbocycles. The summed E-state index contributed by atoms with van der Waals surface area (Å²) in [6.45, 7) is 11.0. The third-order valence-electron chi connectivity index (χ3n) is 8.59. The van der Waals surface area contributed by atoms with Crippen molar-refractivity contribution in [2.24, 2.45) is 4.99 Å². The van der Waals surface area contributed by atoms with Crippen LogP contribution in [-0.4, -0.2) is 70.8 Å². The van der Waals surface area contributed by atoms with Crippen molar-refractivity contribution in [2.75, 3.05) is 31.1 Å².